The highest BCUT2D eigenvalue weighted by Crippen LogP contribution is 2.32. The molecular formula is C17H14F3N3OS2. The Morgan fingerprint density at radius 1 is 1.19 bits per heavy atom. The largest absolute Gasteiger partial charge is 0.451 e. The molecule has 0 fully saturated rings. The van der Waals surface area contributed by atoms with Gasteiger partial charge in [-0.2, -0.15) is 13.2 Å². The molecule has 0 atom stereocenters. The number of halogens is 3. The number of hydrogen-bond acceptors (Lipinski definition) is 5. The molecule has 9 heteroatoms. The summed E-state index contributed by atoms with van der Waals surface area (Å²) in [4.78, 5) is 22.1. The van der Waals surface area contributed by atoms with Crippen molar-refractivity contribution in [1.29, 1.82) is 0 Å². The minimum atomic E-state index is -4.64. The maximum Gasteiger partial charge on any atom is 0.451 e. The smallest absolute Gasteiger partial charge is 0.340 e. The van der Waals surface area contributed by atoms with Gasteiger partial charge in [-0.25, -0.2) is 9.97 Å². The fourth-order valence-electron chi connectivity index (χ4n) is 2.25. The van der Waals surface area contributed by atoms with Gasteiger partial charge >= 0.3 is 6.18 Å². The predicted octanol–water partition coefficient (Wildman–Crippen LogP) is 4.46. The molecule has 1 amide bonds. The minimum absolute atomic E-state index is 0.000179. The lowest BCUT2D eigenvalue weighted by Crippen LogP contribution is -2.27. The van der Waals surface area contributed by atoms with E-state index in [1.165, 1.54) is 6.07 Å². The standard InChI is InChI=1S/C17H14F3N3OS2/c1-23(9-11-5-4-8-25-11)14(24)10-26-15-12-6-2-3-7-13(12)21-16(22-15)17(18,19)20/h2-8H,9-10H2,1H3. The van der Waals surface area contributed by atoms with Crippen molar-refractivity contribution in [2.24, 2.45) is 0 Å². The number of carbonyl (C=O) groups is 1. The Kier molecular flexibility index (Phi) is 5.47. The van der Waals surface area contributed by atoms with Crippen LogP contribution in [0.2, 0.25) is 0 Å². The van der Waals surface area contributed by atoms with Crippen LogP contribution in [0.3, 0.4) is 0 Å². The Labute approximate surface area is 156 Å². The van der Waals surface area contributed by atoms with E-state index in [1.54, 1.807) is 41.5 Å². The Morgan fingerprint density at radius 3 is 2.65 bits per heavy atom. The van der Waals surface area contributed by atoms with Crippen LogP contribution in [0.15, 0.2) is 46.8 Å². The number of hydrogen-bond donors (Lipinski definition) is 0. The molecule has 1 aromatic carbocycles. The molecule has 3 aromatic rings. The second-order valence-corrected chi connectivity index (χ2v) is 7.48. The number of thioether (sulfide) groups is 1. The van der Waals surface area contributed by atoms with Gasteiger partial charge < -0.3 is 4.90 Å². The fourth-order valence-corrected chi connectivity index (χ4v) is 3.97. The van der Waals surface area contributed by atoms with Crippen molar-refractivity contribution in [3.8, 4) is 0 Å². The predicted molar refractivity (Wildman–Crippen MR) is 96.1 cm³/mol. The molecular weight excluding hydrogens is 383 g/mol. The molecule has 0 spiro atoms. The first-order valence-corrected chi connectivity index (χ1v) is 9.44. The van der Waals surface area contributed by atoms with E-state index < -0.39 is 12.0 Å². The molecule has 0 radical (unpaired) electrons. The summed E-state index contributed by atoms with van der Waals surface area (Å²) in [6.07, 6.45) is -4.64. The van der Waals surface area contributed by atoms with Crippen LogP contribution in [0.5, 0.6) is 0 Å². The Balaban J connectivity index is 1.78. The second-order valence-electron chi connectivity index (χ2n) is 5.49. The van der Waals surface area contributed by atoms with Gasteiger partial charge in [-0.1, -0.05) is 36.0 Å². The third-order valence-electron chi connectivity index (χ3n) is 3.55. The third kappa shape index (κ3) is 4.34. The molecule has 0 aliphatic carbocycles. The Morgan fingerprint density at radius 2 is 1.96 bits per heavy atom. The molecule has 0 aliphatic heterocycles. The van der Waals surface area contributed by atoms with Crippen LogP contribution in [-0.4, -0.2) is 33.6 Å². The van der Waals surface area contributed by atoms with Gasteiger partial charge in [0.15, 0.2) is 0 Å². The quantitative estimate of drug-likeness (QED) is 0.471. The average molecular weight is 397 g/mol. The Hall–Kier alpha value is -2.13. The van der Waals surface area contributed by atoms with Gasteiger partial charge in [0.2, 0.25) is 11.7 Å². The zero-order valence-electron chi connectivity index (χ0n) is 13.7. The van der Waals surface area contributed by atoms with E-state index >= 15 is 0 Å². The van der Waals surface area contributed by atoms with E-state index in [0.29, 0.717) is 11.9 Å². The molecule has 0 unspecified atom stereocenters. The fraction of sp³-hybridized carbons (Fsp3) is 0.235. The number of para-hydroxylation sites is 1. The molecule has 3 rings (SSSR count). The molecule has 0 saturated heterocycles. The number of amides is 1. The van der Waals surface area contributed by atoms with Crippen molar-refractivity contribution < 1.29 is 18.0 Å². The summed E-state index contributed by atoms with van der Waals surface area (Å²) in [6.45, 7) is 0.468. The van der Waals surface area contributed by atoms with Gasteiger partial charge in [-0.05, 0) is 17.5 Å². The van der Waals surface area contributed by atoms with Crippen LogP contribution in [0.25, 0.3) is 10.9 Å². The van der Waals surface area contributed by atoms with Crippen molar-refractivity contribution in [2.75, 3.05) is 12.8 Å². The van der Waals surface area contributed by atoms with Crippen LogP contribution in [-0.2, 0) is 17.5 Å². The molecule has 4 nitrogen and oxygen atoms in total. The van der Waals surface area contributed by atoms with Gasteiger partial charge in [0.1, 0.15) is 5.03 Å². The van der Waals surface area contributed by atoms with Crippen molar-refractivity contribution in [1.82, 2.24) is 14.9 Å². The van der Waals surface area contributed by atoms with Gasteiger partial charge in [0.05, 0.1) is 17.8 Å². The topological polar surface area (TPSA) is 46.1 Å². The lowest BCUT2D eigenvalue weighted by Gasteiger charge is -2.16. The normalized spacial score (nSPS) is 11.7. The van der Waals surface area contributed by atoms with Crippen LogP contribution in [0.1, 0.15) is 10.7 Å². The van der Waals surface area contributed by atoms with E-state index in [9.17, 15) is 18.0 Å². The average Bonchev–Trinajstić information content (AvgIpc) is 3.11. The monoisotopic (exact) mass is 397 g/mol. The Bertz CT molecular complexity index is 913. The first-order valence-electron chi connectivity index (χ1n) is 7.57. The van der Waals surface area contributed by atoms with Crippen LogP contribution in [0, 0.1) is 0 Å². The summed E-state index contributed by atoms with van der Waals surface area (Å²) < 4.78 is 39.1. The summed E-state index contributed by atoms with van der Waals surface area (Å²) in [5.74, 6) is -1.38. The highest BCUT2D eigenvalue weighted by atomic mass is 32.2. The van der Waals surface area contributed by atoms with E-state index in [-0.39, 0.29) is 22.2 Å². The molecule has 136 valence electrons. The number of fused-ring (bicyclic) bond motifs is 1. The first-order chi connectivity index (χ1) is 12.3. The van der Waals surface area contributed by atoms with E-state index in [4.69, 9.17) is 0 Å². The van der Waals surface area contributed by atoms with Crippen molar-refractivity contribution in [3.05, 3.63) is 52.5 Å². The lowest BCUT2D eigenvalue weighted by atomic mass is 10.2. The summed E-state index contributed by atoms with van der Waals surface area (Å²) >= 11 is 2.53. The molecule has 0 saturated carbocycles. The first kappa shape index (κ1) is 18.7. The van der Waals surface area contributed by atoms with E-state index in [0.717, 1.165) is 16.6 Å². The second kappa shape index (κ2) is 7.63. The summed E-state index contributed by atoms with van der Waals surface area (Å²) in [6, 6.07) is 10.3. The highest BCUT2D eigenvalue weighted by Gasteiger charge is 2.35. The number of thiophene rings is 1. The molecule has 0 N–H and O–H groups in total. The maximum absolute atomic E-state index is 13.0. The lowest BCUT2D eigenvalue weighted by molar-refractivity contribution is -0.145. The SMILES string of the molecule is CN(Cc1cccs1)C(=O)CSc1nc(C(F)(F)F)nc2ccccc12. The van der Waals surface area contributed by atoms with E-state index in [1.807, 2.05) is 17.5 Å². The molecule has 2 aromatic heterocycles. The zero-order valence-corrected chi connectivity index (χ0v) is 15.3. The van der Waals surface area contributed by atoms with Gasteiger partial charge in [-0.3, -0.25) is 4.79 Å². The van der Waals surface area contributed by atoms with Crippen LogP contribution in [0.4, 0.5) is 13.2 Å². The number of rotatable bonds is 5. The summed E-state index contributed by atoms with van der Waals surface area (Å²) in [7, 11) is 1.67. The van der Waals surface area contributed by atoms with Gasteiger partial charge in [0.25, 0.3) is 0 Å². The molecule has 0 bridgehead atoms. The maximum atomic E-state index is 13.0. The summed E-state index contributed by atoms with van der Waals surface area (Å²) in [5, 5.41) is 2.58. The van der Waals surface area contributed by atoms with Crippen molar-refractivity contribution >= 4 is 39.9 Å². The van der Waals surface area contributed by atoms with Gasteiger partial charge in [-0.15, -0.1) is 11.3 Å². The van der Waals surface area contributed by atoms with Crippen molar-refractivity contribution in [3.63, 3.8) is 0 Å². The number of nitrogens with zero attached hydrogens (tertiary/aromatic N) is 3. The number of carbonyl (C=O) groups excluding carboxylic acids is 1. The highest BCUT2D eigenvalue weighted by molar-refractivity contribution is 8.00. The minimum Gasteiger partial charge on any atom is -0.340 e. The number of benzene rings is 1. The number of alkyl halides is 3. The zero-order chi connectivity index (χ0) is 18.7. The van der Waals surface area contributed by atoms with Gasteiger partial charge in [0, 0.05) is 17.3 Å². The molecule has 0 aliphatic rings. The van der Waals surface area contributed by atoms with Crippen LogP contribution < -0.4 is 0 Å². The number of aromatic nitrogens is 2. The summed E-state index contributed by atoms with van der Waals surface area (Å²) in [5.41, 5.74) is 0.205. The van der Waals surface area contributed by atoms with Crippen LogP contribution >= 0.6 is 23.1 Å². The van der Waals surface area contributed by atoms with E-state index in [2.05, 4.69) is 9.97 Å². The van der Waals surface area contributed by atoms with Crippen molar-refractivity contribution in [2.45, 2.75) is 17.7 Å². The third-order valence-corrected chi connectivity index (χ3v) is 5.39. The molecule has 2 heterocycles. The molecule has 26 heavy (non-hydrogen) atoms.